The van der Waals surface area contributed by atoms with Crippen LogP contribution in [-0.2, 0) is 9.59 Å². The maximum absolute atomic E-state index is 11.2. The van der Waals surface area contributed by atoms with Gasteiger partial charge in [-0.1, -0.05) is 12.1 Å². The third-order valence-corrected chi connectivity index (χ3v) is 1.88. The fourth-order valence-electron chi connectivity index (χ4n) is 1.14. The van der Waals surface area contributed by atoms with Crippen molar-refractivity contribution < 1.29 is 19.8 Å². The number of benzene rings is 1. The van der Waals surface area contributed by atoms with Crippen LogP contribution in [0.3, 0.4) is 0 Å². The van der Waals surface area contributed by atoms with E-state index in [1.54, 1.807) is 6.07 Å². The Kier molecular flexibility index (Phi) is 3.83. The number of carbonyl (C=O) groups excluding carboxylic acids is 2. The highest BCUT2D eigenvalue weighted by molar-refractivity contribution is 6.05. The lowest BCUT2D eigenvalue weighted by molar-refractivity contribution is -0.123. The topological polar surface area (TPSA) is 74.6 Å². The Bertz CT molecular complexity index is 446. The highest BCUT2D eigenvalue weighted by Gasteiger charge is 2.01. The molecule has 2 N–H and O–H groups in total. The van der Waals surface area contributed by atoms with Gasteiger partial charge in [0.15, 0.2) is 17.3 Å². The van der Waals surface area contributed by atoms with E-state index in [0.717, 1.165) is 0 Å². The molecule has 0 atom stereocenters. The van der Waals surface area contributed by atoms with Gasteiger partial charge in [0.25, 0.3) is 0 Å². The number of phenols is 2. The van der Waals surface area contributed by atoms with Gasteiger partial charge in [0.1, 0.15) is 5.78 Å². The molecule has 0 spiro atoms. The number of carbonyl (C=O) groups is 2. The minimum Gasteiger partial charge on any atom is -0.504 e. The molecule has 0 aromatic heterocycles. The van der Waals surface area contributed by atoms with Crippen molar-refractivity contribution in [3.63, 3.8) is 0 Å². The van der Waals surface area contributed by atoms with Crippen LogP contribution in [0, 0.1) is 0 Å². The van der Waals surface area contributed by atoms with E-state index in [4.69, 9.17) is 5.11 Å². The molecule has 84 valence electrons. The molecule has 0 fully saturated rings. The third-order valence-electron chi connectivity index (χ3n) is 1.88. The smallest absolute Gasteiger partial charge is 0.163 e. The first-order valence-electron chi connectivity index (χ1n) is 4.71. The van der Waals surface area contributed by atoms with Gasteiger partial charge in [-0.3, -0.25) is 9.59 Å². The van der Waals surface area contributed by atoms with E-state index in [0.29, 0.717) is 5.56 Å². The molecule has 0 aliphatic rings. The van der Waals surface area contributed by atoms with Gasteiger partial charge in [-0.15, -0.1) is 0 Å². The quantitative estimate of drug-likeness (QED) is 0.459. The van der Waals surface area contributed by atoms with Crippen LogP contribution in [0.2, 0.25) is 0 Å². The number of Topliss-reactive ketones (excluding diaryl/α,β-unsaturated/α-hetero) is 1. The number of hydrogen-bond acceptors (Lipinski definition) is 4. The maximum Gasteiger partial charge on any atom is 0.163 e. The second kappa shape index (κ2) is 5.11. The lowest BCUT2D eigenvalue weighted by atomic mass is 10.1. The van der Waals surface area contributed by atoms with E-state index in [1.165, 1.54) is 31.2 Å². The molecule has 0 aliphatic carbocycles. The van der Waals surface area contributed by atoms with Crippen LogP contribution >= 0.6 is 0 Å². The zero-order chi connectivity index (χ0) is 12.1. The van der Waals surface area contributed by atoms with Crippen molar-refractivity contribution in [3.05, 3.63) is 29.8 Å². The standard InChI is InChI=1S/C12H12O4/c1-8(13)6-10(14)4-2-9-3-5-11(15)12(16)7-9/h2-5,7,15-16H,6H2,1H3/b4-2+. The van der Waals surface area contributed by atoms with Crippen LogP contribution in [0.5, 0.6) is 11.5 Å². The van der Waals surface area contributed by atoms with Gasteiger partial charge in [-0.05, 0) is 30.7 Å². The predicted octanol–water partition coefficient (Wildman–Crippen LogP) is 1.66. The molecule has 16 heavy (non-hydrogen) atoms. The molecule has 1 aromatic rings. The maximum atomic E-state index is 11.2. The summed E-state index contributed by atoms with van der Waals surface area (Å²) in [5.41, 5.74) is 0.576. The Morgan fingerprint density at radius 1 is 1.25 bits per heavy atom. The summed E-state index contributed by atoms with van der Waals surface area (Å²) in [5.74, 6) is -0.948. The molecule has 0 radical (unpaired) electrons. The molecule has 0 saturated carbocycles. The average Bonchev–Trinajstić information content (AvgIpc) is 2.19. The van der Waals surface area contributed by atoms with Gasteiger partial charge in [0.2, 0.25) is 0 Å². The Morgan fingerprint density at radius 2 is 1.94 bits per heavy atom. The van der Waals surface area contributed by atoms with Crippen LogP contribution in [0.15, 0.2) is 24.3 Å². The molecule has 0 unspecified atom stereocenters. The highest BCUT2D eigenvalue weighted by atomic mass is 16.3. The number of ketones is 2. The summed E-state index contributed by atoms with van der Waals surface area (Å²) in [6, 6.07) is 4.20. The minimum atomic E-state index is -0.292. The first-order valence-corrected chi connectivity index (χ1v) is 4.71. The van der Waals surface area contributed by atoms with Crippen molar-refractivity contribution in [2.45, 2.75) is 13.3 Å². The number of aromatic hydroxyl groups is 2. The van der Waals surface area contributed by atoms with Gasteiger partial charge < -0.3 is 10.2 Å². The minimum absolute atomic E-state index is 0.124. The van der Waals surface area contributed by atoms with Crippen molar-refractivity contribution in [1.29, 1.82) is 0 Å². The molecule has 0 aliphatic heterocycles. The Balaban J connectivity index is 2.73. The summed E-state index contributed by atoms with van der Waals surface area (Å²) in [6.45, 7) is 1.35. The van der Waals surface area contributed by atoms with Gasteiger partial charge >= 0.3 is 0 Å². The first-order chi connectivity index (χ1) is 7.49. The number of rotatable bonds is 4. The van der Waals surface area contributed by atoms with Crippen LogP contribution in [-0.4, -0.2) is 21.8 Å². The molecule has 0 bridgehead atoms. The molecular weight excluding hydrogens is 208 g/mol. The SMILES string of the molecule is CC(=O)CC(=O)/C=C/c1ccc(O)c(O)c1. The van der Waals surface area contributed by atoms with Gasteiger partial charge in [0, 0.05) is 0 Å². The van der Waals surface area contributed by atoms with Gasteiger partial charge in [-0.2, -0.15) is 0 Å². The van der Waals surface area contributed by atoms with Crippen LogP contribution in [0.4, 0.5) is 0 Å². The van der Waals surface area contributed by atoms with Crippen molar-refractivity contribution in [2.75, 3.05) is 0 Å². The van der Waals surface area contributed by atoms with Crippen molar-refractivity contribution in [3.8, 4) is 11.5 Å². The Labute approximate surface area is 92.8 Å². The molecule has 4 nitrogen and oxygen atoms in total. The summed E-state index contributed by atoms with van der Waals surface area (Å²) < 4.78 is 0. The molecule has 1 aromatic carbocycles. The third kappa shape index (κ3) is 3.57. The van der Waals surface area contributed by atoms with E-state index >= 15 is 0 Å². The molecule has 4 heteroatoms. The molecular formula is C12H12O4. The fourth-order valence-corrected chi connectivity index (χ4v) is 1.14. The number of phenolic OH excluding ortho intramolecular Hbond substituents is 2. The van der Waals surface area contributed by atoms with E-state index in [2.05, 4.69) is 0 Å². The zero-order valence-electron chi connectivity index (χ0n) is 8.80. The molecule has 0 heterocycles. The van der Waals surface area contributed by atoms with Gasteiger partial charge in [0.05, 0.1) is 6.42 Å². The zero-order valence-corrected chi connectivity index (χ0v) is 8.80. The Morgan fingerprint density at radius 3 is 2.50 bits per heavy atom. The summed E-state index contributed by atoms with van der Waals surface area (Å²) in [5, 5.41) is 18.2. The van der Waals surface area contributed by atoms with E-state index < -0.39 is 0 Å². The van der Waals surface area contributed by atoms with E-state index in [1.807, 2.05) is 0 Å². The summed E-state index contributed by atoms with van der Waals surface area (Å²) in [4.78, 5) is 21.8. The predicted molar refractivity (Wildman–Crippen MR) is 59.1 cm³/mol. The van der Waals surface area contributed by atoms with Crippen LogP contribution < -0.4 is 0 Å². The van der Waals surface area contributed by atoms with Gasteiger partial charge in [-0.25, -0.2) is 0 Å². The van der Waals surface area contributed by atoms with Crippen molar-refractivity contribution >= 4 is 17.6 Å². The largest absolute Gasteiger partial charge is 0.504 e. The van der Waals surface area contributed by atoms with Crippen molar-refractivity contribution in [2.24, 2.45) is 0 Å². The lowest BCUT2D eigenvalue weighted by Gasteiger charge is -1.98. The first kappa shape index (κ1) is 12.0. The van der Waals surface area contributed by atoms with Crippen LogP contribution in [0.25, 0.3) is 6.08 Å². The van der Waals surface area contributed by atoms with E-state index in [9.17, 15) is 14.7 Å². The molecule has 0 amide bonds. The molecule has 0 saturated heterocycles. The average molecular weight is 220 g/mol. The summed E-state index contributed by atoms with van der Waals surface area (Å²) >= 11 is 0. The number of allylic oxidation sites excluding steroid dienone is 1. The summed E-state index contributed by atoms with van der Waals surface area (Å²) in [6.07, 6.45) is 2.62. The van der Waals surface area contributed by atoms with Crippen LogP contribution in [0.1, 0.15) is 18.9 Å². The monoisotopic (exact) mass is 220 g/mol. The number of hydrogen-bond donors (Lipinski definition) is 2. The highest BCUT2D eigenvalue weighted by Crippen LogP contribution is 2.25. The lowest BCUT2D eigenvalue weighted by Crippen LogP contribution is -1.99. The van der Waals surface area contributed by atoms with Crippen molar-refractivity contribution in [1.82, 2.24) is 0 Å². The Hall–Kier alpha value is -2.10. The second-order valence-corrected chi connectivity index (χ2v) is 3.43. The molecule has 1 rings (SSSR count). The van der Waals surface area contributed by atoms with E-state index in [-0.39, 0.29) is 29.5 Å². The summed E-state index contributed by atoms with van der Waals surface area (Å²) in [7, 11) is 0. The fraction of sp³-hybridized carbons (Fsp3) is 0.167. The second-order valence-electron chi connectivity index (χ2n) is 3.43. The normalized spacial score (nSPS) is 10.6.